The predicted octanol–water partition coefficient (Wildman–Crippen LogP) is 6.77. The van der Waals surface area contributed by atoms with Gasteiger partial charge in [0.2, 0.25) is 0 Å². The SMILES string of the molecule is Cc1[nH]nc(-c2cc(Cl)c(O)cc2O)c1-c1ccccc1.Cc1cccc(Cl)c1. The van der Waals surface area contributed by atoms with E-state index < -0.39 is 0 Å². The van der Waals surface area contributed by atoms with E-state index in [1.807, 2.05) is 68.4 Å². The van der Waals surface area contributed by atoms with E-state index in [2.05, 4.69) is 10.2 Å². The van der Waals surface area contributed by atoms with Crippen molar-refractivity contribution in [2.75, 3.05) is 0 Å². The van der Waals surface area contributed by atoms with Crippen LogP contribution >= 0.6 is 23.2 Å². The summed E-state index contributed by atoms with van der Waals surface area (Å²) in [5.41, 5.74) is 5.05. The lowest BCUT2D eigenvalue weighted by Crippen LogP contribution is -1.85. The van der Waals surface area contributed by atoms with Crippen LogP contribution in [0.1, 0.15) is 11.3 Å². The predicted molar refractivity (Wildman–Crippen MR) is 119 cm³/mol. The summed E-state index contributed by atoms with van der Waals surface area (Å²) in [5.74, 6) is -0.230. The molecule has 0 aliphatic carbocycles. The number of nitrogens with zero attached hydrogens (tertiary/aromatic N) is 1. The smallest absolute Gasteiger partial charge is 0.137 e. The van der Waals surface area contributed by atoms with Crippen LogP contribution in [-0.2, 0) is 0 Å². The summed E-state index contributed by atoms with van der Waals surface area (Å²) >= 11 is 11.6. The number of rotatable bonds is 2. The Labute approximate surface area is 179 Å². The van der Waals surface area contributed by atoms with E-state index in [4.69, 9.17) is 23.2 Å². The van der Waals surface area contributed by atoms with Crippen molar-refractivity contribution in [3.8, 4) is 33.9 Å². The van der Waals surface area contributed by atoms with Gasteiger partial charge in [-0.25, -0.2) is 0 Å². The molecule has 148 valence electrons. The van der Waals surface area contributed by atoms with Gasteiger partial charge < -0.3 is 10.2 Å². The van der Waals surface area contributed by atoms with Crippen LogP contribution in [0.15, 0.2) is 66.7 Å². The van der Waals surface area contributed by atoms with E-state index in [1.54, 1.807) is 0 Å². The van der Waals surface area contributed by atoms with Crippen LogP contribution in [-0.4, -0.2) is 20.4 Å². The monoisotopic (exact) mass is 426 g/mol. The molecule has 0 radical (unpaired) electrons. The van der Waals surface area contributed by atoms with Crippen molar-refractivity contribution >= 4 is 23.2 Å². The second-order valence-corrected chi connectivity index (χ2v) is 7.40. The van der Waals surface area contributed by atoms with E-state index in [1.165, 1.54) is 17.7 Å². The van der Waals surface area contributed by atoms with Crippen LogP contribution in [0.4, 0.5) is 0 Å². The highest BCUT2D eigenvalue weighted by atomic mass is 35.5. The lowest BCUT2D eigenvalue weighted by molar-refractivity contribution is 0.452. The molecule has 0 amide bonds. The zero-order valence-corrected chi connectivity index (χ0v) is 17.5. The number of halogens is 2. The minimum atomic E-state index is -0.161. The summed E-state index contributed by atoms with van der Waals surface area (Å²) in [4.78, 5) is 0. The minimum Gasteiger partial charge on any atom is -0.507 e. The van der Waals surface area contributed by atoms with Gasteiger partial charge in [0, 0.05) is 27.9 Å². The number of phenols is 2. The average molecular weight is 427 g/mol. The van der Waals surface area contributed by atoms with Crippen LogP contribution in [0.25, 0.3) is 22.4 Å². The number of aromatic amines is 1. The molecule has 0 aliphatic rings. The van der Waals surface area contributed by atoms with Crippen molar-refractivity contribution < 1.29 is 10.2 Å². The number of aryl methyl sites for hydroxylation is 2. The Morgan fingerprint density at radius 3 is 2.17 bits per heavy atom. The molecule has 0 spiro atoms. The van der Waals surface area contributed by atoms with Gasteiger partial charge in [-0.2, -0.15) is 5.10 Å². The first-order valence-corrected chi connectivity index (χ1v) is 9.67. The molecule has 0 saturated heterocycles. The molecule has 1 heterocycles. The lowest BCUT2D eigenvalue weighted by atomic mass is 9.99. The van der Waals surface area contributed by atoms with Gasteiger partial charge in [0.15, 0.2) is 0 Å². The number of aromatic nitrogens is 2. The fourth-order valence-electron chi connectivity index (χ4n) is 2.93. The standard InChI is InChI=1S/C16H13ClN2O2.C7H7Cl/c1-9-15(10-5-3-2-4-6-10)16(19-18-9)11-7-12(17)14(21)8-13(11)20;1-6-3-2-4-7(8)5-6/h2-8,20-21H,1H3,(H,18,19);2-5H,1H3. The van der Waals surface area contributed by atoms with E-state index in [9.17, 15) is 10.2 Å². The summed E-state index contributed by atoms with van der Waals surface area (Å²) < 4.78 is 0. The first kappa shape index (κ1) is 20.8. The molecule has 3 N–H and O–H groups in total. The molecule has 4 nitrogen and oxygen atoms in total. The van der Waals surface area contributed by atoms with Crippen molar-refractivity contribution in [3.05, 3.63) is 88.0 Å². The Bertz CT molecular complexity index is 1110. The molecule has 0 aliphatic heterocycles. The molecule has 0 fully saturated rings. The largest absolute Gasteiger partial charge is 0.507 e. The van der Waals surface area contributed by atoms with Crippen LogP contribution in [0.3, 0.4) is 0 Å². The van der Waals surface area contributed by atoms with Gasteiger partial charge in [-0.05, 0) is 43.2 Å². The van der Waals surface area contributed by atoms with E-state index >= 15 is 0 Å². The van der Waals surface area contributed by atoms with Crippen molar-refractivity contribution in [3.63, 3.8) is 0 Å². The number of benzene rings is 3. The molecule has 3 aromatic carbocycles. The van der Waals surface area contributed by atoms with Crippen LogP contribution in [0, 0.1) is 13.8 Å². The van der Waals surface area contributed by atoms with Crippen LogP contribution in [0.2, 0.25) is 10.0 Å². The van der Waals surface area contributed by atoms with Crippen molar-refractivity contribution in [2.24, 2.45) is 0 Å². The molecule has 0 bridgehead atoms. The minimum absolute atomic E-state index is 0.0689. The number of H-pyrrole nitrogens is 1. The highest BCUT2D eigenvalue weighted by Gasteiger charge is 2.18. The molecule has 1 aromatic heterocycles. The Morgan fingerprint density at radius 1 is 0.828 bits per heavy atom. The molecule has 6 heteroatoms. The van der Waals surface area contributed by atoms with Gasteiger partial charge in [-0.3, -0.25) is 5.10 Å². The molecule has 4 aromatic rings. The number of hydrogen-bond acceptors (Lipinski definition) is 3. The molecule has 0 atom stereocenters. The third-order valence-electron chi connectivity index (χ3n) is 4.31. The first-order chi connectivity index (χ1) is 13.9. The molecule has 0 unspecified atom stereocenters. The Balaban J connectivity index is 0.000000252. The molecular formula is C23H20Cl2N2O2. The van der Waals surface area contributed by atoms with Crippen molar-refractivity contribution in [1.82, 2.24) is 10.2 Å². The van der Waals surface area contributed by atoms with E-state index in [-0.39, 0.29) is 16.5 Å². The maximum atomic E-state index is 10.1. The summed E-state index contributed by atoms with van der Waals surface area (Å²) in [7, 11) is 0. The number of phenolic OH excluding ortho intramolecular Hbond substituents is 2. The third kappa shape index (κ3) is 4.91. The van der Waals surface area contributed by atoms with Crippen molar-refractivity contribution in [2.45, 2.75) is 13.8 Å². The summed E-state index contributed by atoms with van der Waals surface area (Å²) in [6.07, 6.45) is 0. The number of hydrogen-bond donors (Lipinski definition) is 3. The normalized spacial score (nSPS) is 10.3. The quantitative estimate of drug-likeness (QED) is 0.331. The van der Waals surface area contributed by atoms with Gasteiger partial charge in [0.1, 0.15) is 17.2 Å². The Morgan fingerprint density at radius 2 is 1.55 bits per heavy atom. The number of aromatic hydroxyl groups is 2. The maximum Gasteiger partial charge on any atom is 0.137 e. The van der Waals surface area contributed by atoms with E-state index in [0.717, 1.165) is 21.8 Å². The van der Waals surface area contributed by atoms with Crippen LogP contribution < -0.4 is 0 Å². The highest BCUT2D eigenvalue weighted by molar-refractivity contribution is 6.32. The van der Waals surface area contributed by atoms with Gasteiger partial charge in [-0.15, -0.1) is 0 Å². The van der Waals surface area contributed by atoms with Gasteiger partial charge in [0.05, 0.1) is 5.02 Å². The van der Waals surface area contributed by atoms with Crippen molar-refractivity contribution in [1.29, 1.82) is 0 Å². The Kier molecular flexibility index (Phi) is 6.47. The first-order valence-electron chi connectivity index (χ1n) is 8.91. The molecule has 0 saturated carbocycles. The third-order valence-corrected chi connectivity index (χ3v) is 4.85. The second kappa shape index (κ2) is 9.03. The molecule has 29 heavy (non-hydrogen) atoms. The molecular weight excluding hydrogens is 407 g/mol. The van der Waals surface area contributed by atoms with E-state index in [0.29, 0.717) is 11.3 Å². The lowest BCUT2D eigenvalue weighted by Gasteiger charge is -2.08. The maximum absolute atomic E-state index is 10.1. The van der Waals surface area contributed by atoms with Gasteiger partial charge in [0.25, 0.3) is 0 Å². The van der Waals surface area contributed by atoms with Gasteiger partial charge in [-0.1, -0.05) is 65.7 Å². The zero-order chi connectivity index (χ0) is 21.0. The fourth-order valence-corrected chi connectivity index (χ4v) is 3.34. The van der Waals surface area contributed by atoms with Gasteiger partial charge >= 0.3 is 0 Å². The summed E-state index contributed by atoms with van der Waals surface area (Å²) in [6.45, 7) is 3.93. The summed E-state index contributed by atoms with van der Waals surface area (Å²) in [6, 6.07) is 20.3. The number of nitrogens with one attached hydrogen (secondary N) is 1. The van der Waals surface area contributed by atoms with Crippen LogP contribution in [0.5, 0.6) is 11.5 Å². The fraction of sp³-hybridized carbons (Fsp3) is 0.0870. The second-order valence-electron chi connectivity index (χ2n) is 6.56. The zero-order valence-electron chi connectivity index (χ0n) is 15.9. The summed E-state index contributed by atoms with van der Waals surface area (Å²) in [5, 5.41) is 27.8. The Hall–Kier alpha value is -2.95. The topological polar surface area (TPSA) is 69.1 Å². The molecule has 4 rings (SSSR count). The average Bonchev–Trinajstić information content (AvgIpc) is 3.07. The highest BCUT2D eigenvalue weighted by Crippen LogP contribution is 2.41.